The second-order valence-corrected chi connectivity index (χ2v) is 10.9. The highest BCUT2D eigenvalue weighted by Gasteiger charge is 2.31. The molecule has 2 atom stereocenters. The molecule has 2 aromatic rings. The molecule has 0 spiro atoms. The normalized spacial score (nSPS) is 20.7. The van der Waals surface area contributed by atoms with Crippen LogP contribution in [0.1, 0.15) is 24.2 Å². The molecule has 150 valence electrons. The molecule has 1 fully saturated rings. The molecular formula is C19H21BrIN3O3S. The van der Waals surface area contributed by atoms with Gasteiger partial charge in [0.1, 0.15) is 0 Å². The number of amides is 1. The van der Waals surface area contributed by atoms with Crippen LogP contribution in [0.4, 0.5) is 5.69 Å². The Kier molecular flexibility index (Phi) is 6.80. The number of nitrogens with one attached hydrogen (secondary N) is 2. The molecule has 2 N–H and O–H groups in total. The number of hydrogen-bond donors (Lipinski definition) is 2. The minimum atomic E-state index is -3.56. The predicted molar refractivity (Wildman–Crippen MR) is 122 cm³/mol. The zero-order valence-electron chi connectivity index (χ0n) is 15.4. The molecule has 1 amide bonds. The van der Waals surface area contributed by atoms with Gasteiger partial charge >= 0.3 is 0 Å². The van der Waals surface area contributed by atoms with Gasteiger partial charge in [0.05, 0.1) is 4.90 Å². The fraction of sp³-hybridized carbons (Fsp3) is 0.316. The molecule has 0 aromatic heterocycles. The fourth-order valence-corrected chi connectivity index (χ4v) is 5.55. The molecule has 6 nitrogen and oxygen atoms in total. The molecule has 1 heterocycles. The third kappa shape index (κ3) is 4.93. The lowest BCUT2D eigenvalue weighted by atomic mass is 10.2. The second kappa shape index (κ2) is 8.78. The molecule has 0 radical (unpaired) electrons. The predicted octanol–water partition coefficient (Wildman–Crippen LogP) is 3.68. The molecule has 2 aromatic carbocycles. The van der Waals surface area contributed by atoms with Crippen molar-refractivity contribution in [1.29, 1.82) is 0 Å². The number of nitrogens with zero attached hydrogens (tertiary/aromatic N) is 1. The van der Waals surface area contributed by atoms with E-state index in [4.69, 9.17) is 0 Å². The highest BCUT2D eigenvalue weighted by molar-refractivity contribution is 14.1. The summed E-state index contributed by atoms with van der Waals surface area (Å²) in [5, 5.41) is 6.13. The number of anilines is 1. The lowest BCUT2D eigenvalue weighted by molar-refractivity contribution is 0.102. The first kappa shape index (κ1) is 21.7. The SMILES string of the molecule is CC1CN(S(=O)(=O)c2ccc(NC(=O)c3ccc(Br)c(I)c3)cc2)CC(C)N1. The molecule has 3 rings (SSSR count). The molecule has 9 heteroatoms. The smallest absolute Gasteiger partial charge is 0.255 e. The molecule has 1 aliphatic rings. The maximum atomic E-state index is 12.9. The Morgan fingerprint density at radius 1 is 1.14 bits per heavy atom. The third-order valence-corrected chi connectivity index (χ3v) is 8.63. The van der Waals surface area contributed by atoms with E-state index < -0.39 is 10.0 Å². The number of halogens is 2. The van der Waals surface area contributed by atoms with Crippen LogP contribution in [0, 0.1) is 3.57 Å². The van der Waals surface area contributed by atoms with Crippen molar-refractivity contribution < 1.29 is 13.2 Å². The maximum Gasteiger partial charge on any atom is 0.255 e. The summed E-state index contributed by atoms with van der Waals surface area (Å²) in [5.74, 6) is -0.245. The summed E-state index contributed by atoms with van der Waals surface area (Å²) >= 11 is 5.56. The van der Waals surface area contributed by atoms with Crippen LogP contribution >= 0.6 is 38.5 Å². The number of benzene rings is 2. The molecule has 0 bridgehead atoms. The number of hydrogen-bond acceptors (Lipinski definition) is 4. The average Bonchev–Trinajstić information content (AvgIpc) is 2.63. The highest BCUT2D eigenvalue weighted by atomic mass is 127. The Bertz CT molecular complexity index is 972. The Balaban J connectivity index is 1.74. The van der Waals surface area contributed by atoms with Gasteiger partial charge in [0, 0.05) is 44.5 Å². The van der Waals surface area contributed by atoms with E-state index in [1.54, 1.807) is 24.3 Å². The minimum Gasteiger partial charge on any atom is -0.322 e. The van der Waals surface area contributed by atoms with Crippen molar-refractivity contribution in [3.8, 4) is 0 Å². The molecule has 1 saturated heterocycles. The van der Waals surface area contributed by atoms with E-state index in [1.807, 2.05) is 19.9 Å². The van der Waals surface area contributed by atoms with Gasteiger partial charge in [0.25, 0.3) is 5.91 Å². The molecule has 28 heavy (non-hydrogen) atoms. The van der Waals surface area contributed by atoms with Gasteiger partial charge in [0.2, 0.25) is 10.0 Å². The lowest BCUT2D eigenvalue weighted by Crippen LogP contribution is -2.55. The van der Waals surface area contributed by atoms with E-state index in [0.29, 0.717) is 24.3 Å². The van der Waals surface area contributed by atoms with Crippen LogP contribution in [-0.2, 0) is 10.0 Å². The van der Waals surface area contributed by atoms with E-state index >= 15 is 0 Å². The first-order chi connectivity index (χ1) is 13.2. The van der Waals surface area contributed by atoms with E-state index in [-0.39, 0.29) is 22.9 Å². The summed E-state index contributed by atoms with van der Waals surface area (Å²) in [7, 11) is -3.56. The van der Waals surface area contributed by atoms with Gasteiger partial charge in [-0.25, -0.2) is 8.42 Å². The summed E-state index contributed by atoms with van der Waals surface area (Å²) in [6.45, 7) is 4.82. The number of rotatable bonds is 4. The van der Waals surface area contributed by atoms with Gasteiger partial charge in [-0.05, 0) is 94.8 Å². The first-order valence-corrected chi connectivity index (χ1v) is 12.1. The Labute approximate surface area is 187 Å². The summed E-state index contributed by atoms with van der Waals surface area (Å²) in [4.78, 5) is 12.6. The van der Waals surface area contributed by atoms with Crippen LogP contribution in [0.5, 0.6) is 0 Å². The Hall–Kier alpha value is -1.01. The maximum absolute atomic E-state index is 12.9. The lowest BCUT2D eigenvalue weighted by Gasteiger charge is -2.35. The monoisotopic (exact) mass is 577 g/mol. The van der Waals surface area contributed by atoms with E-state index in [1.165, 1.54) is 16.4 Å². The molecule has 0 saturated carbocycles. The third-order valence-electron chi connectivity index (χ3n) is 4.46. The first-order valence-electron chi connectivity index (χ1n) is 8.79. The summed E-state index contributed by atoms with van der Waals surface area (Å²) < 4.78 is 29.2. The van der Waals surface area contributed by atoms with Gasteiger partial charge in [-0.15, -0.1) is 0 Å². The zero-order valence-corrected chi connectivity index (χ0v) is 20.0. The summed E-state index contributed by atoms with van der Waals surface area (Å²) in [5.41, 5.74) is 1.08. The van der Waals surface area contributed by atoms with Crippen LogP contribution < -0.4 is 10.6 Å². The molecular weight excluding hydrogens is 557 g/mol. The number of carbonyl (C=O) groups is 1. The number of sulfonamides is 1. The Morgan fingerprint density at radius 3 is 2.32 bits per heavy atom. The molecule has 0 aliphatic carbocycles. The average molecular weight is 578 g/mol. The zero-order chi connectivity index (χ0) is 20.5. The van der Waals surface area contributed by atoms with Crippen molar-refractivity contribution in [3.63, 3.8) is 0 Å². The van der Waals surface area contributed by atoms with Crippen LogP contribution in [0.15, 0.2) is 51.8 Å². The van der Waals surface area contributed by atoms with Gasteiger partial charge in [-0.3, -0.25) is 4.79 Å². The van der Waals surface area contributed by atoms with Crippen molar-refractivity contribution in [2.45, 2.75) is 30.8 Å². The highest BCUT2D eigenvalue weighted by Crippen LogP contribution is 2.23. The van der Waals surface area contributed by atoms with Crippen molar-refractivity contribution in [2.75, 3.05) is 18.4 Å². The quantitative estimate of drug-likeness (QED) is 0.544. The van der Waals surface area contributed by atoms with Crippen LogP contribution in [0.3, 0.4) is 0 Å². The van der Waals surface area contributed by atoms with Crippen molar-refractivity contribution in [1.82, 2.24) is 9.62 Å². The summed E-state index contributed by atoms with van der Waals surface area (Å²) in [6, 6.07) is 11.8. The largest absolute Gasteiger partial charge is 0.322 e. The standard InChI is InChI=1S/C19H21BrIN3O3S/c1-12-10-24(11-13(2)22-12)28(26,27)16-6-4-15(5-7-16)23-19(25)14-3-8-17(20)18(21)9-14/h3-9,12-13,22H,10-11H2,1-2H3,(H,23,25). The van der Waals surface area contributed by atoms with E-state index in [9.17, 15) is 13.2 Å². The summed E-state index contributed by atoms with van der Waals surface area (Å²) in [6.07, 6.45) is 0. The topological polar surface area (TPSA) is 78.5 Å². The van der Waals surface area contributed by atoms with E-state index in [0.717, 1.165) is 8.04 Å². The Morgan fingerprint density at radius 2 is 1.75 bits per heavy atom. The molecule has 2 unspecified atom stereocenters. The fourth-order valence-electron chi connectivity index (χ4n) is 3.17. The van der Waals surface area contributed by atoms with Crippen LogP contribution in [0.25, 0.3) is 0 Å². The number of carbonyl (C=O) groups excluding carboxylic acids is 1. The van der Waals surface area contributed by atoms with Crippen LogP contribution in [0.2, 0.25) is 0 Å². The van der Waals surface area contributed by atoms with Crippen molar-refractivity contribution >= 4 is 60.1 Å². The van der Waals surface area contributed by atoms with Crippen LogP contribution in [-0.4, -0.2) is 43.8 Å². The van der Waals surface area contributed by atoms with Gasteiger partial charge < -0.3 is 10.6 Å². The van der Waals surface area contributed by atoms with Gasteiger partial charge in [0.15, 0.2) is 0 Å². The van der Waals surface area contributed by atoms with Crippen molar-refractivity contribution in [3.05, 3.63) is 56.1 Å². The number of piperazine rings is 1. The van der Waals surface area contributed by atoms with Crippen molar-refractivity contribution in [2.24, 2.45) is 0 Å². The second-order valence-electron chi connectivity index (χ2n) is 6.90. The molecule has 1 aliphatic heterocycles. The van der Waals surface area contributed by atoms with Gasteiger partial charge in [-0.1, -0.05) is 0 Å². The minimum absolute atomic E-state index is 0.103. The van der Waals surface area contributed by atoms with Gasteiger partial charge in [-0.2, -0.15) is 4.31 Å². The van der Waals surface area contributed by atoms with E-state index in [2.05, 4.69) is 49.2 Å².